The number of nitrogens with zero attached hydrogens (tertiary/aromatic N) is 1. The van der Waals surface area contributed by atoms with Crippen LogP contribution in [0.1, 0.15) is 24.0 Å². The van der Waals surface area contributed by atoms with Gasteiger partial charge in [0.15, 0.2) is 0 Å². The highest BCUT2D eigenvalue weighted by Crippen LogP contribution is 2.28. The van der Waals surface area contributed by atoms with E-state index >= 15 is 0 Å². The van der Waals surface area contributed by atoms with E-state index in [1.165, 1.54) is 5.57 Å². The first-order valence-corrected chi connectivity index (χ1v) is 5.71. The molecule has 1 aromatic heterocycles. The number of aryl methyl sites for hydroxylation is 1. The molecule has 3 nitrogen and oxygen atoms in total. The minimum atomic E-state index is 0.0130. The van der Waals surface area contributed by atoms with Crippen LogP contribution in [0, 0.1) is 6.92 Å². The molecule has 0 fully saturated rings. The molecule has 0 radical (unpaired) electrons. The summed E-state index contributed by atoms with van der Waals surface area (Å²) in [5.74, 6) is 2.43. The maximum Gasteiger partial charge on any atom is 0.255 e. The van der Waals surface area contributed by atoms with Crippen LogP contribution in [-0.4, -0.2) is 15.7 Å². The number of fused-ring (bicyclic) bond motifs is 1. The fourth-order valence-electron chi connectivity index (χ4n) is 1.56. The number of aromatic amines is 1. The molecule has 2 heterocycles. The smallest absolute Gasteiger partial charge is 0.255 e. The second-order valence-corrected chi connectivity index (χ2v) is 4.27. The molecule has 0 atom stereocenters. The predicted molar refractivity (Wildman–Crippen MR) is 59.4 cm³/mol. The van der Waals surface area contributed by atoms with Crippen LogP contribution in [0.5, 0.6) is 0 Å². The first-order chi connectivity index (χ1) is 6.72. The zero-order valence-corrected chi connectivity index (χ0v) is 9.07. The van der Waals surface area contributed by atoms with Gasteiger partial charge >= 0.3 is 0 Å². The van der Waals surface area contributed by atoms with Crippen molar-refractivity contribution in [1.82, 2.24) is 9.97 Å². The molecule has 1 aliphatic heterocycles. The lowest BCUT2D eigenvalue weighted by molar-refractivity contribution is 0.967. The molecule has 0 saturated heterocycles. The standard InChI is InChI=1S/C10H12N2OS/c1-3-7-4-14-5-8-9(7)11-6(2)12-10(8)13/h3H,4-5H2,1-2H3,(H,11,12,13). The Labute approximate surface area is 86.6 Å². The van der Waals surface area contributed by atoms with Crippen molar-refractivity contribution in [2.75, 3.05) is 5.75 Å². The van der Waals surface area contributed by atoms with E-state index in [2.05, 4.69) is 9.97 Å². The summed E-state index contributed by atoms with van der Waals surface area (Å²) in [6.07, 6.45) is 2.04. The molecule has 4 heteroatoms. The summed E-state index contributed by atoms with van der Waals surface area (Å²) in [5.41, 5.74) is 2.90. The van der Waals surface area contributed by atoms with Crippen molar-refractivity contribution in [3.05, 3.63) is 33.5 Å². The zero-order chi connectivity index (χ0) is 10.1. The van der Waals surface area contributed by atoms with Crippen molar-refractivity contribution in [3.63, 3.8) is 0 Å². The van der Waals surface area contributed by atoms with Gasteiger partial charge in [-0.25, -0.2) is 4.98 Å². The van der Waals surface area contributed by atoms with Crippen molar-refractivity contribution in [2.24, 2.45) is 0 Å². The summed E-state index contributed by atoms with van der Waals surface area (Å²) in [6, 6.07) is 0. The third-order valence-electron chi connectivity index (χ3n) is 2.29. The van der Waals surface area contributed by atoms with E-state index in [9.17, 15) is 4.79 Å². The lowest BCUT2D eigenvalue weighted by Gasteiger charge is -2.16. The summed E-state index contributed by atoms with van der Waals surface area (Å²) in [7, 11) is 0. The lowest BCUT2D eigenvalue weighted by Crippen LogP contribution is -2.21. The third-order valence-corrected chi connectivity index (χ3v) is 3.30. The predicted octanol–water partition coefficient (Wildman–Crippen LogP) is 1.73. The summed E-state index contributed by atoms with van der Waals surface area (Å²) in [4.78, 5) is 18.7. The van der Waals surface area contributed by atoms with Crippen molar-refractivity contribution >= 4 is 17.3 Å². The molecule has 74 valence electrons. The van der Waals surface area contributed by atoms with E-state index in [0.29, 0.717) is 5.82 Å². The molecular weight excluding hydrogens is 196 g/mol. The van der Waals surface area contributed by atoms with E-state index in [1.54, 1.807) is 11.8 Å². The molecular formula is C10H12N2OS. The lowest BCUT2D eigenvalue weighted by atomic mass is 10.1. The first-order valence-electron chi connectivity index (χ1n) is 4.55. The number of allylic oxidation sites excluding steroid dienone is 1. The molecule has 0 bridgehead atoms. The van der Waals surface area contributed by atoms with Crippen LogP contribution < -0.4 is 5.56 Å². The Bertz CT molecular complexity index is 448. The second-order valence-electron chi connectivity index (χ2n) is 3.29. The van der Waals surface area contributed by atoms with Gasteiger partial charge in [0.05, 0.1) is 11.3 Å². The van der Waals surface area contributed by atoms with Gasteiger partial charge in [-0.1, -0.05) is 6.08 Å². The van der Waals surface area contributed by atoms with Gasteiger partial charge in [0.1, 0.15) is 5.82 Å². The van der Waals surface area contributed by atoms with E-state index < -0.39 is 0 Å². The number of H-pyrrole nitrogens is 1. The second kappa shape index (κ2) is 3.61. The van der Waals surface area contributed by atoms with Crippen LogP contribution in [0.25, 0.3) is 5.57 Å². The summed E-state index contributed by atoms with van der Waals surface area (Å²) in [5, 5.41) is 0. The van der Waals surface area contributed by atoms with Crippen molar-refractivity contribution in [3.8, 4) is 0 Å². The topological polar surface area (TPSA) is 45.8 Å². The molecule has 1 N–H and O–H groups in total. The molecule has 1 aliphatic rings. The van der Waals surface area contributed by atoms with E-state index in [1.807, 2.05) is 19.9 Å². The molecule has 1 aromatic rings. The quantitative estimate of drug-likeness (QED) is 0.706. The van der Waals surface area contributed by atoms with Crippen molar-refractivity contribution in [1.29, 1.82) is 0 Å². The normalized spacial score (nSPS) is 18.3. The average molecular weight is 208 g/mol. The van der Waals surface area contributed by atoms with E-state index in [4.69, 9.17) is 0 Å². The van der Waals surface area contributed by atoms with Gasteiger partial charge in [-0.3, -0.25) is 4.79 Å². The Kier molecular flexibility index (Phi) is 2.46. The van der Waals surface area contributed by atoms with Crippen molar-refractivity contribution in [2.45, 2.75) is 19.6 Å². The summed E-state index contributed by atoms with van der Waals surface area (Å²) in [6.45, 7) is 3.81. The van der Waals surface area contributed by atoms with Crippen LogP contribution >= 0.6 is 11.8 Å². The molecule has 0 amide bonds. The number of rotatable bonds is 0. The van der Waals surface area contributed by atoms with Crippen LogP contribution in [-0.2, 0) is 5.75 Å². The van der Waals surface area contributed by atoms with Gasteiger partial charge in [-0.15, -0.1) is 0 Å². The maximum absolute atomic E-state index is 11.6. The van der Waals surface area contributed by atoms with E-state index in [-0.39, 0.29) is 5.56 Å². The van der Waals surface area contributed by atoms with Crippen LogP contribution in [0.15, 0.2) is 10.9 Å². The van der Waals surface area contributed by atoms with Crippen LogP contribution in [0.3, 0.4) is 0 Å². The first kappa shape index (κ1) is 9.52. The molecule has 2 rings (SSSR count). The van der Waals surface area contributed by atoms with Gasteiger partial charge in [0.2, 0.25) is 0 Å². The highest BCUT2D eigenvalue weighted by Gasteiger charge is 2.18. The van der Waals surface area contributed by atoms with Crippen LogP contribution in [0.2, 0.25) is 0 Å². The molecule has 0 unspecified atom stereocenters. The fraction of sp³-hybridized carbons (Fsp3) is 0.400. The van der Waals surface area contributed by atoms with Crippen LogP contribution in [0.4, 0.5) is 0 Å². The molecule has 14 heavy (non-hydrogen) atoms. The number of thioether (sulfide) groups is 1. The van der Waals surface area contributed by atoms with Gasteiger partial charge in [0, 0.05) is 11.5 Å². The minimum absolute atomic E-state index is 0.0130. The minimum Gasteiger partial charge on any atom is -0.310 e. The molecule has 0 spiro atoms. The average Bonchev–Trinajstić information content (AvgIpc) is 2.17. The Morgan fingerprint density at radius 1 is 1.50 bits per heavy atom. The van der Waals surface area contributed by atoms with Crippen molar-refractivity contribution < 1.29 is 0 Å². The molecule has 0 aromatic carbocycles. The monoisotopic (exact) mass is 208 g/mol. The maximum atomic E-state index is 11.6. The highest BCUT2D eigenvalue weighted by molar-refractivity contribution is 7.99. The van der Waals surface area contributed by atoms with Gasteiger partial charge in [0.25, 0.3) is 5.56 Å². The number of hydrogen-bond donors (Lipinski definition) is 1. The Balaban J connectivity index is 2.69. The number of nitrogens with one attached hydrogen (secondary N) is 1. The van der Waals surface area contributed by atoms with Gasteiger partial charge < -0.3 is 4.98 Å². The SMILES string of the molecule is CC=C1CSCc2c1nc(C)[nH]c2=O. The molecule has 0 saturated carbocycles. The number of hydrogen-bond acceptors (Lipinski definition) is 3. The molecule has 0 aliphatic carbocycles. The largest absolute Gasteiger partial charge is 0.310 e. The highest BCUT2D eigenvalue weighted by atomic mass is 32.2. The third kappa shape index (κ3) is 1.50. The van der Waals surface area contributed by atoms with Gasteiger partial charge in [-0.05, 0) is 19.4 Å². The summed E-state index contributed by atoms with van der Waals surface area (Å²) < 4.78 is 0. The number of aromatic nitrogens is 2. The Morgan fingerprint density at radius 3 is 3.00 bits per heavy atom. The fourth-order valence-corrected chi connectivity index (χ4v) is 2.66. The van der Waals surface area contributed by atoms with Gasteiger partial charge in [-0.2, -0.15) is 11.8 Å². The summed E-state index contributed by atoms with van der Waals surface area (Å²) >= 11 is 1.76. The Hall–Kier alpha value is -1.03. The zero-order valence-electron chi connectivity index (χ0n) is 8.26. The Morgan fingerprint density at radius 2 is 2.29 bits per heavy atom. The van der Waals surface area contributed by atoms with E-state index in [0.717, 1.165) is 22.8 Å².